The lowest BCUT2D eigenvalue weighted by molar-refractivity contribution is 0.0527. The SMILES string of the molecule is CCOC(=O)c1sc(NC(=O)c2cc(Br)c(Br)s2)c(C(=O)OCC)c1C. The van der Waals surface area contributed by atoms with Crippen LogP contribution in [0.4, 0.5) is 5.00 Å². The number of hydrogen-bond acceptors (Lipinski definition) is 7. The molecule has 0 spiro atoms. The first kappa shape index (κ1) is 21.1. The third kappa shape index (κ3) is 4.54. The molecule has 0 saturated carbocycles. The van der Waals surface area contributed by atoms with Crippen LogP contribution in [0.15, 0.2) is 14.3 Å². The standard InChI is InChI=1S/C16H15Br2NO5S2/c1-4-23-15(21)10-7(3)11(16(22)24-5-2)26-14(10)19-13(20)9-6-8(17)12(18)25-9/h6H,4-5H2,1-3H3,(H,19,20). The Kier molecular flexibility index (Phi) is 7.39. The average Bonchev–Trinajstić information content (AvgIpc) is 3.08. The van der Waals surface area contributed by atoms with Gasteiger partial charge in [-0.15, -0.1) is 22.7 Å². The summed E-state index contributed by atoms with van der Waals surface area (Å²) in [6, 6.07) is 1.67. The monoisotopic (exact) mass is 523 g/mol. The van der Waals surface area contributed by atoms with E-state index in [0.717, 1.165) is 19.6 Å². The van der Waals surface area contributed by atoms with E-state index in [0.29, 0.717) is 10.4 Å². The molecule has 1 amide bonds. The quantitative estimate of drug-likeness (QED) is 0.522. The molecule has 26 heavy (non-hydrogen) atoms. The van der Waals surface area contributed by atoms with Crippen molar-refractivity contribution in [2.75, 3.05) is 18.5 Å². The van der Waals surface area contributed by atoms with Gasteiger partial charge in [-0.2, -0.15) is 0 Å². The normalized spacial score (nSPS) is 10.5. The van der Waals surface area contributed by atoms with Crippen molar-refractivity contribution in [1.82, 2.24) is 0 Å². The van der Waals surface area contributed by atoms with Crippen LogP contribution in [0, 0.1) is 6.92 Å². The van der Waals surface area contributed by atoms with Crippen LogP contribution in [0.3, 0.4) is 0 Å². The Labute approximate surface area is 175 Å². The summed E-state index contributed by atoms with van der Waals surface area (Å²) >= 11 is 8.91. The number of rotatable bonds is 6. The Balaban J connectivity index is 2.41. The van der Waals surface area contributed by atoms with Gasteiger partial charge in [-0.1, -0.05) is 0 Å². The summed E-state index contributed by atoms with van der Waals surface area (Å²) in [5.74, 6) is -1.52. The van der Waals surface area contributed by atoms with Crippen LogP contribution in [0.5, 0.6) is 0 Å². The molecule has 2 aromatic rings. The average molecular weight is 525 g/mol. The summed E-state index contributed by atoms with van der Waals surface area (Å²) in [6.45, 7) is 5.40. The molecule has 0 aliphatic carbocycles. The maximum absolute atomic E-state index is 12.5. The van der Waals surface area contributed by atoms with Crippen molar-refractivity contribution in [2.45, 2.75) is 20.8 Å². The number of carbonyl (C=O) groups excluding carboxylic acids is 3. The number of carbonyl (C=O) groups is 3. The van der Waals surface area contributed by atoms with Gasteiger partial charge in [0.05, 0.1) is 27.4 Å². The summed E-state index contributed by atoms with van der Waals surface area (Å²) in [6.07, 6.45) is 0. The number of hydrogen-bond donors (Lipinski definition) is 1. The summed E-state index contributed by atoms with van der Waals surface area (Å²) < 4.78 is 11.6. The maximum atomic E-state index is 12.5. The first-order chi connectivity index (χ1) is 12.3. The molecular weight excluding hydrogens is 510 g/mol. The Morgan fingerprint density at radius 2 is 1.69 bits per heavy atom. The largest absolute Gasteiger partial charge is 0.462 e. The van der Waals surface area contributed by atoms with E-state index in [9.17, 15) is 14.4 Å². The minimum atomic E-state index is -0.597. The molecule has 1 N–H and O–H groups in total. The first-order valence-electron chi connectivity index (χ1n) is 7.53. The predicted molar refractivity (Wildman–Crippen MR) is 109 cm³/mol. The van der Waals surface area contributed by atoms with Gasteiger partial charge in [0.2, 0.25) is 0 Å². The van der Waals surface area contributed by atoms with E-state index in [4.69, 9.17) is 9.47 Å². The van der Waals surface area contributed by atoms with Gasteiger partial charge in [-0.25, -0.2) is 9.59 Å². The molecule has 140 valence electrons. The lowest BCUT2D eigenvalue weighted by Gasteiger charge is -2.06. The van der Waals surface area contributed by atoms with Crippen LogP contribution in [-0.2, 0) is 9.47 Å². The second-order valence-corrected chi connectivity index (χ2v) is 9.13. The lowest BCUT2D eigenvalue weighted by Crippen LogP contribution is -2.14. The zero-order valence-electron chi connectivity index (χ0n) is 14.1. The number of halogens is 2. The molecule has 2 aromatic heterocycles. The van der Waals surface area contributed by atoms with E-state index in [-0.39, 0.29) is 34.6 Å². The fourth-order valence-corrected chi connectivity index (χ4v) is 5.08. The van der Waals surface area contributed by atoms with Crippen molar-refractivity contribution in [2.24, 2.45) is 0 Å². The summed E-state index contributed by atoms with van der Waals surface area (Å²) in [5, 5.41) is 2.96. The van der Waals surface area contributed by atoms with E-state index >= 15 is 0 Å². The third-order valence-corrected chi connectivity index (χ3v) is 7.63. The third-order valence-electron chi connectivity index (χ3n) is 3.18. The molecule has 2 rings (SSSR count). The minimum Gasteiger partial charge on any atom is -0.462 e. The summed E-state index contributed by atoms with van der Waals surface area (Å²) in [7, 11) is 0. The van der Waals surface area contributed by atoms with Crippen molar-refractivity contribution < 1.29 is 23.9 Å². The van der Waals surface area contributed by atoms with Crippen LogP contribution in [0.1, 0.15) is 49.1 Å². The zero-order chi connectivity index (χ0) is 19.4. The number of esters is 2. The van der Waals surface area contributed by atoms with E-state index in [1.54, 1.807) is 26.8 Å². The van der Waals surface area contributed by atoms with Crippen molar-refractivity contribution >= 4 is 77.4 Å². The van der Waals surface area contributed by atoms with Gasteiger partial charge >= 0.3 is 11.9 Å². The van der Waals surface area contributed by atoms with Gasteiger partial charge in [-0.05, 0) is 64.3 Å². The molecule has 0 aromatic carbocycles. The van der Waals surface area contributed by atoms with Crippen molar-refractivity contribution in [3.05, 3.63) is 35.2 Å². The van der Waals surface area contributed by atoms with Gasteiger partial charge in [0.15, 0.2) is 0 Å². The molecule has 0 unspecified atom stereocenters. The number of ether oxygens (including phenoxy) is 2. The second-order valence-electron chi connectivity index (χ2n) is 4.89. The molecule has 10 heteroatoms. The highest BCUT2D eigenvalue weighted by Gasteiger charge is 2.27. The molecule has 0 aliphatic rings. The van der Waals surface area contributed by atoms with E-state index in [1.807, 2.05) is 0 Å². The highest BCUT2D eigenvalue weighted by atomic mass is 79.9. The van der Waals surface area contributed by atoms with Crippen LogP contribution in [0.25, 0.3) is 0 Å². The van der Waals surface area contributed by atoms with Crippen molar-refractivity contribution in [3.8, 4) is 0 Å². The van der Waals surface area contributed by atoms with Crippen LogP contribution < -0.4 is 5.32 Å². The fraction of sp³-hybridized carbons (Fsp3) is 0.312. The predicted octanol–water partition coefficient (Wildman–Crippen LogP) is 5.25. The lowest BCUT2D eigenvalue weighted by atomic mass is 10.1. The van der Waals surface area contributed by atoms with E-state index in [1.165, 1.54) is 11.3 Å². The van der Waals surface area contributed by atoms with Crippen LogP contribution in [-0.4, -0.2) is 31.1 Å². The Bertz CT molecular complexity index is 840. The highest BCUT2D eigenvalue weighted by molar-refractivity contribution is 9.13. The maximum Gasteiger partial charge on any atom is 0.348 e. The van der Waals surface area contributed by atoms with Crippen molar-refractivity contribution in [3.63, 3.8) is 0 Å². The number of amides is 1. The minimum absolute atomic E-state index is 0.169. The molecule has 6 nitrogen and oxygen atoms in total. The fourth-order valence-electron chi connectivity index (χ4n) is 2.07. The van der Waals surface area contributed by atoms with E-state index in [2.05, 4.69) is 37.2 Å². The Morgan fingerprint density at radius 1 is 1.08 bits per heavy atom. The molecule has 0 fully saturated rings. The number of anilines is 1. The van der Waals surface area contributed by atoms with Gasteiger partial charge in [0.1, 0.15) is 9.88 Å². The molecular formula is C16H15Br2NO5S2. The zero-order valence-corrected chi connectivity index (χ0v) is 18.9. The summed E-state index contributed by atoms with van der Waals surface area (Å²) in [4.78, 5) is 37.7. The highest BCUT2D eigenvalue weighted by Crippen LogP contribution is 2.36. The molecule has 0 radical (unpaired) electrons. The first-order valence-corrected chi connectivity index (χ1v) is 10.8. The molecule has 0 atom stereocenters. The number of nitrogens with one attached hydrogen (secondary N) is 1. The van der Waals surface area contributed by atoms with Crippen molar-refractivity contribution in [1.29, 1.82) is 0 Å². The van der Waals surface area contributed by atoms with Gasteiger partial charge in [-0.3, -0.25) is 4.79 Å². The van der Waals surface area contributed by atoms with Gasteiger partial charge in [0.25, 0.3) is 5.91 Å². The van der Waals surface area contributed by atoms with E-state index < -0.39 is 11.9 Å². The summed E-state index contributed by atoms with van der Waals surface area (Å²) in [5.41, 5.74) is 0.596. The second kappa shape index (κ2) is 9.12. The molecule has 0 aliphatic heterocycles. The van der Waals surface area contributed by atoms with Crippen LogP contribution in [0.2, 0.25) is 0 Å². The molecule has 2 heterocycles. The van der Waals surface area contributed by atoms with Gasteiger partial charge < -0.3 is 14.8 Å². The van der Waals surface area contributed by atoms with Gasteiger partial charge in [0, 0.05) is 4.47 Å². The smallest absolute Gasteiger partial charge is 0.348 e. The molecule has 0 saturated heterocycles. The van der Waals surface area contributed by atoms with Crippen LogP contribution >= 0.6 is 54.5 Å². The Hall–Kier alpha value is -1.23. The Morgan fingerprint density at radius 3 is 2.23 bits per heavy atom. The topological polar surface area (TPSA) is 81.7 Å². The molecule has 0 bridgehead atoms. The number of thiophene rings is 2.